The molecule has 0 aliphatic rings. The third-order valence-electron chi connectivity index (χ3n) is 2.40. The standard InChI is InChI=1S/C11H12N4O2S/c1-8-10(13-11(12)15-14-8)7-18(16,17)9-5-3-2-4-6-9/h2-6H,7H2,1H3,(H2,12,13,15). The highest BCUT2D eigenvalue weighted by atomic mass is 32.2. The number of hydrogen-bond donors (Lipinski definition) is 1. The summed E-state index contributed by atoms with van der Waals surface area (Å²) < 4.78 is 24.3. The third kappa shape index (κ3) is 2.62. The van der Waals surface area contributed by atoms with Crippen molar-refractivity contribution in [2.75, 3.05) is 5.73 Å². The predicted molar refractivity (Wildman–Crippen MR) is 66.3 cm³/mol. The second-order valence-electron chi connectivity index (χ2n) is 3.77. The number of benzene rings is 1. The second-order valence-corrected chi connectivity index (χ2v) is 5.76. The van der Waals surface area contributed by atoms with E-state index in [1.165, 1.54) is 0 Å². The highest BCUT2D eigenvalue weighted by molar-refractivity contribution is 7.90. The third-order valence-corrected chi connectivity index (χ3v) is 4.04. The van der Waals surface area contributed by atoms with Crippen LogP contribution in [0.3, 0.4) is 0 Å². The summed E-state index contributed by atoms with van der Waals surface area (Å²) in [7, 11) is -3.44. The fraction of sp³-hybridized carbons (Fsp3) is 0.182. The Morgan fingerprint density at radius 3 is 2.50 bits per heavy atom. The van der Waals surface area contributed by atoms with Crippen LogP contribution in [0.5, 0.6) is 0 Å². The van der Waals surface area contributed by atoms with Crippen molar-refractivity contribution in [2.24, 2.45) is 0 Å². The smallest absolute Gasteiger partial charge is 0.240 e. The molecule has 94 valence electrons. The molecule has 0 bridgehead atoms. The molecule has 18 heavy (non-hydrogen) atoms. The summed E-state index contributed by atoms with van der Waals surface area (Å²) in [5.74, 6) is -0.262. The van der Waals surface area contributed by atoms with E-state index in [0.29, 0.717) is 11.4 Å². The summed E-state index contributed by atoms with van der Waals surface area (Å²) in [5.41, 5.74) is 6.19. The number of hydrogen-bond acceptors (Lipinski definition) is 6. The van der Waals surface area contributed by atoms with Gasteiger partial charge in [-0.2, -0.15) is 5.10 Å². The molecule has 0 aliphatic heterocycles. The van der Waals surface area contributed by atoms with Gasteiger partial charge in [0.05, 0.1) is 22.0 Å². The van der Waals surface area contributed by atoms with E-state index < -0.39 is 9.84 Å². The number of rotatable bonds is 3. The lowest BCUT2D eigenvalue weighted by molar-refractivity contribution is 0.594. The summed E-state index contributed by atoms with van der Waals surface area (Å²) in [6, 6.07) is 8.19. The van der Waals surface area contributed by atoms with Gasteiger partial charge in [0.1, 0.15) is 0 Å². The lowest BCUT2D eigenvalue weighted by Gasteiger charge is -2.05. The van der Waals surface area contributed by atoms with Gasteiger partial charge >= 0.3 is 0 Å². The lowest BCUT2D eigenvalue weighted by Crippen LogP contribution is -2.11. The number of anilines is 1. The molecule has 0 fully saturated rings. The largest absolute Gasteiger partial charge is 0.366 e. The molecule has 0 amide bonds. The minimum Gasteiger partial charge on any atom is -0.366 e. The van der Waals surface area contributed by atoms with E-state index in [1.54, 1.807) is 37.3 Å². The van der Waals surface area contributed by atoms with E-state index in [-0.39, 0.29) is 16.6 Å². The average molecular weight is 264 g/mol. The molecule has 7 heteroatoms. The molecule has 0 spiro atoms. The van der Waals surface area contributed by atoms with Crippen LogP contribution in [0.25, 0.3) is 0 Å². The Hall–Kier alpha value is -2.02. The number of nitrogen functional groups attached to an aromatic ring is 1. The van der Waals surface area contributed by atoms with Gasteiger partial charge in [0, 0.05) is 0 Å². The maximum Gasteiger partial charge on any atom is 0.240 e. The van der Waals surface area contributed by atoms with Crippen molar-refractivity contribution in [3.05, 3.63) is 41.7 Å². The van der Waals surface area contributed by atoms with E-state index >= 15 is 0 Å². The molecule has 1 aromatic carbocycles. The van der Waals surface area contributed by atoms with Crippen LogP contribution >= 0.6 is 0 Å². The Morgan fingerprint density at radius 2 is 1.83 bits per heavy atom. The Kier molecular flexibility index (Phi) is 3.24. The molecular weight excluding hydrogens is 252 g/mol. The number of sulfone groups is 1. The Bertz CT molecular complexity index is 656. The van der Waals surface area contributed by atoms with E-state index in [9.17, 15) is 8.42 Å². The van der Waals surface area contributed by atoms with Gasteiger partial charge in [-0.3, -0.25) is 0 Å². The van der Waals surface area contributed by atoms with Gasteiger partial charge in [0.15, 0.2) is 9.84 Å². The summed E-state index contributed by atoms with van der Waals surface area (Å²) in [6.45, 7) is 1.65. The minimum absolute atomic E-state index is 0.0288. The Balaban J connectivity index is 2.37. The van der Waals surface area contributed by atoms with Crippen molar-refractivity contribution in [2.45, 2.75) is 17.6 Å². The first-order valence-electron chi connectivity index (χ1n) is 5.22. The van der Waals surface area contributed by atoms with Crippen molar-refractivity contribution in [1.82, 2.24) is 15.2 Å². The first-order valence-corrected chi connectivity index (χ1v) is 6.88. The quantitative estimate of drug-likeness (QED) is 0.877. The van der Waals surface area contributed by atoms with Gasteiger partial charge in [-0.25, -0.2) is 13.4 Å². The van der Waals surface area contributed by atoms with Crippen LogP contribution in [0.15, 0.2) is 35.2 Å². The molecule has 0 saturated carbocycles. The van der Waals surface area contributed by atoms with Crippen LogP contribution in [-0.4, -0.2) is 23.6 Å². The number of nitrogens with zero attached hydrogens (tertiary/aromatic N) is 3. The van der Waals surface area contributed by atoms with Gasteiger partial charge in [-0.05, 0) is 19.1 Å². The normalized spacial score (nSPS) is 11.4. The molecule has 1 aromatic heterocycles. The zero-order valence-electron chi connectivity index (χ0n) is 9.74. The van der Waals surface area contributed by atoms with E-state index in [1.807, 2.05) is 0 Å². The molecule has 2 rings (SSSR count). The molecule has 2 N–H and O–H groups in total. The predicted octanol–water partition coefficient (Wildman–Crippen LogP) is 0.736. The molecule has 0 saturated heterocycles. The molecule has 0 radical (unpaired) electrons. The van der Waals surface area contributed by atoms with Crippen molar-refractivity contribution in [3.63, 3.8) is 0 Å². The lowest BCUT2D eigenvalue weighted by atomic mass is 10.4. The van der Waals surface area contributed by atoms with E-state index in [0.717, 1.165) is 0 Å². The van der Waals surface area contributed by atoms with Gasteiger partial charge in [0.25, 0.3) is 0 Å². The van der Waals surface area contributed by atoms with E-state index in [4.69, 9.17) is 5.73 Å². The fourth-order valence-corrected chi connectivity index (χ4v) is 2.83. The van der Waals surface area contributed by atoms with Crippen LogP contribution in [0.4, 0.5) is 5.95 Å². The van der Waals surface area contributed by atoms with Gasteiger partial charge in [-0.15, -0.1) is 5.10 Å². The van der Waals surface area contributed by atoms with Crippen LogP contribution in [0, 0.1) is 6.92 Å². The van der Waals surface area contributed by atoms with Crippen LogP contribution in [0.2, 0.25) is 0 Å². The highest BCUT2D eigenvalue weighted by Crippen LogP contribution is 2.16. The summed E-state index contributed by atoms with van der Waals surface area (Å²) >= 11 is 0. The number of aryl methyl sites for hydroxylation is 1. The van der Waals surface area contributed by atoms with Gasteiger partial charge in [-0.1, -0.05) is 18.2 Å². The zero-order chi connectivity index (χ0) is 13.2. The fourth-order valence-electron chi connectivity index (χ4n) is 1.45. The molecule has 2 aromatic rings. The molecule has 1 heterocycles. The van der Waals surface area contributed by atoms with Crippen molar-refractivity contribution in [3.8, 4) is 0 Å². The first kappa shape index (κ1) is 12.4. The van der Waals surface area contributed by atoms with Crippen LogP contribution in [0.1, 0.15) is 11.4 Å². The molecule has 0 aliphatic carbocycles. The maximum atomic E-state index is 12.1. The highest BCUT2D eigenvalue weighted by Gasteiger charge is 2.18. The van der Waals surface area contributed by atoms with Gasteiger partial charge in [0.2, 0.25) is 5.95 Å². The molecule has 0 atom stereocenters. The average Bonchev–Trinajstić information content (AvgIpc) is 2.35. The Labute approximate surface area is 105 Å². The number of aromatic nitrogens is 3. The summed E-state index contributed by atoms with van der Waals surface area (Å²) in [4.78, 5) is 4.16. The topological polar surface area (TPSA) is 98.8 Å². The number of nitrogens with two attached hydrogens (primary N) is 1. The molecular formula is C11H12N4O2S. The first-order chi connectivity index (χ1) is 8.49. The van der Waals surface area contributed by atoms with Crippen molar-refractivity contribution in [1.29, 1.82) is 0 Å². The van der Waals surface area contributed by atoms with Crippen LogP contribution < -0.4 is 5.73 Å². The SMILES string of the molecule is Cc1nnc(N)nc1CS(=O)(=O)c1ccccc1. The van der Waals surface area contributed by atoms with Gasteiger partial charge < -0.3 is 5.73 Å². The van der Waals surface area contributed by atoms with Crippen LogP contribution in [-0.2, 0) is 15.6 Å². The van der Waals surface area contributed by atoms with Crippen molar-refractivity contribution < 1.29 is 8.42 Å². The summed E-state index contributed by atoms with van der Waals surface area (Å²) in [5, 5.41) is 7.32. The zero-order valence-corrected chi connectivity index (χ0v) is 10.6. The minimum atomic E-state index is -3.44. The van der Waals surface area contributed by atoms with E-state index in [2.05, 4.69) is 15.2 Å². The summed E-state index contributed by atoms with van der Waals surface area (Å²) in [6.07, 6.45) is 0. The molecule has 0 unspecified atom stereocenters. The Morgan fingerprint density at radius 1 is 1.17 bits per heavy atom. The molecule has 6 nitrogen and oxygen atoms in total. The van der Waals surface area contributed by atoms with Crippen molar-refractivity contribution >= 4 is 15.8 Å². The second kappa shape index (κ2) is 4.69. The maximum absolute atomic E-state index is 12.1. The monoisotopic (exact) mass is 264 g/mol.